The zero-order valence-electron chi connectivity index (χ0n) is 18.5. The molecule has 0 aromatic carbocycles. The van der Waals surface area contributed by atoms with Crippen LogP contribution in [0.5, 0.6) is 0 Å². The van der Waals surface area contributed by atoms with Crippen molar-refractivity contribution in [1.82, 2.24) is 10.2 Å². The van der Waals surface area contributed by atoms with E-state index in [1.54, 1.807) is 4.90 Å². The quantitative estimate of drug-likeness (QED) is 0.728. The third-order valence-electron chi connectivity index (χ3n) is 7.48. The number of carbonyl (C=O) groups is 3. The fourth-order valence-electron chi connectivity index (χ4n) is 6.43. The van der Waals surface area contributed by atoms with Crippen LogP contribution in [0.3, 0.4) is 0 Å². The summed E-state index contributed by atoms with van der Waals surface area (Å²) in [6.45, 7) is 8.30. The van der Waals surface area contributed by atoms with Gasteiger partial charge in [0.1, 0.15) is 11.7 Å². The Hall–Kier alpha value is -1.99. The molecule has 4 unspecified atom stereocenters. The lowest BCUT2D eigenvalue weighted by Crippen LogP contribution is -2.59. The van der Waals surface area contributed by atoms with Crippen molar-refractivity contribution in [3.8, 4) is 0 Å². The molecule has 0 aromatic rings. The summed E-state index contributed by atoms with van der Waals surface area (Å²) < 4.78 is 11.4. The molecule has 0 aromatic heterocycles. The van der Waals surface area contributed by atoms with Gasteiger partial charge in [-0.05, 0) is 84.0 Å². The van der Waals surface area contributed by atoms with Crippen LogP contribution in [0.2, 0.25) is 0 Å². The predicted molar refractivity (Wildman–Crippen MR) is 109 cm³/mol. The maximum atomic E-state index is 12.9. The number of nitrogens with two attached hydrogens (primary N) is 1. The van der Waals surface area contributed by atoms with E-state index in [1.165, 1.54) is 0 Å². The van der Waals surface area contributed by atoms with E-state index in [4.69, 9.17) is 15.2 Å². The number of nitrogens with one attached hydrogen (secondary N) is 1. The van der Waals surface area contributed by atoms with Crippen molar-refractivity contribution in [2.45, 2.75) is 83.5 Å². The lowest BCUT2D eigenvalue weighted by atomic mass is 9.48. The molecule has 0 radical (unpaired) electrons. The standard InChI is InChI=1S/C22H35N3O5/c1-20(2,3)30-18(27)24-21(4)5-6-25(12-21)19(28)29-16-14-7-13-8-15(16)11-22(9-13,10-14)17(23)26/h13-16H,5-12H2,1-4H3,(H2,23,26)(H,24,27)/t13?,14-,15?,16?,21?,22-/m0/s1. The molecule has 4 bridgehead atoms. The first-order valence-electron chi connectivity index (χ1n) is 11.1. The first-order valence-corrected chi connectivity index (χ1v) is 11.1. The summed E-state index contributed by atoms with van der Waals surface area (Å²) in [7, 11) is 0. The Morgan fingerprint density at radius 1 is 1.10 bits per heavy atom. The van der Waals surface area contributed by atoms with Crippen molar-refractivity contribution >= 4 is 18.1 Å². The number of nitrogens with zero attached hydrogens (tertiary/aromatic N) is 1. The largest absolute Gasteiger partial charge is 0.446 e. The van der Waals surface area contributed by atoms with Crippen LogP contribution >= 0.6 is 0 Å². The molecule has 5 fully saturated rings. The molecule has 168 valence electrons. The van der Waals surface area contributed by atoms with Crippen molar-refractivity contribution < 1.29 is 23.9 Å². The minimum Gasteiger partial charge on any atom is -0.446 e. The molecular weight excluding hydrogens is 386 g/mol. The van der Waals surface area contributed by atoms with Gasteiger partial charge >= 0.3 is 12.2 Å². The number of ether oxygens (including phenoxy) is 2. The van der Waals surface area contributed by atoms with Crippen LogP contribution < -0.4 is 11.1 Å². The molecule has 4 aliphatic carbocycles. The number of primary amides is 1. The summed E-state index contributed by atoms with van der Waals surface area (Å²) in [6.07, 6.45) is 4.13. The Morgan fingerprint density at radius 2 is 1.73 bits per heavy atom. The van der Waals surface area contributed by atoms with E-state index in [-0.39, 0.29) is 35.4 Å². The molecule has 5 rings (SSSR count). The van der Waals surface area contributed by atoms with Gasteiger partial charge in [0.2, 0.25) is 5.91 Å². The number of rotatable bonds is 3. The maximum Gasteiger partial charge on any atom is 0.410 e. The van der Waals surface area contributed by atoms with Crippen LogP contribution in [0.25, 0.3) is 0 Å². The summed E-state index contributed by atoms with van der Waals surface area (Å²) in [5.41, 5.74) is 4.25. The summed E-state index contributed by atoms with van der Waals surface area (Å²) in [5.74, 6) is 0.788. The third-order valence-corrected chi connectivity index (χ3v) is 7.48. The van der Waals surface area contributed by atoms with Crippen molar-refractivity contribution in [1.29, 1.82) is 0 Å². The smallest absolute Gasteiger partial charge is 0.410 e. The topological polar surface area (TPSA) is 111 Å². The monoisotopic (exact) mass is 421 g/mol. The van der Waals surface area contributed by atoms with E-state index >= 15 is 0 Å². The highest BCUT2D eigenvalue weighted by Gasteiger charge is 2.59. The van der Waals surface area contributed by atoms with Crippen LogP contribution in [0, 0.1) is 23.2 Å². The second-order valence-electron chi connectivity index (χ2n) is 11.3. The van der Waals surface area contributed by atoms with Crippen molar-refractivity contribution in [3.05, 3.63) is 0 Å². The number of hydrogen-bond acceptors (Lipinski definition) is 5. The Labute approximate surface area is 178 Å². The third kappa shape index (κ3) is 3.97. The van der Waals surface area contributed by atoms with E-state index in [1.807, 2.05) is 27.7 Å². The van der Waals surface area contributed by atoms with Gasteiger partial charge in [-0.1, -0.05) is 0 Å². The highest BCUT2D eigenvalue weighted by Crippen LogP contribution is 2.60. The Balaban J connectivity index is 1.34. The Bertz CT molecular complexity index is 732. The number of likely N-dealkylation sites (tertiary alicyclic amines) is 1. The van der Waals surface area contributed by atoms with E-state index in [0.717, 1.165) is 32.1 Å². The zero-order chi connectivity index (χ0) is 21.9. The van der Waals surface area contributed by atoms with Crippen molar-refractivity contribution in [3.63, 3.8) is 0 Å². The molecule has 0 spiro atoms. The minimum atomic E-state index is -0.570. The maximum absolute atomic E-state index is 12.9. The first-order chi connectivity index (χ1) is 13.9. The average molecular weight is 422 g/mol. The Morgan fingerprint density at radius 3 is 2.30 bits per heavy atom. The minimum absolute atomic E-state index is 0.132. The van der Waals surface area contributed by atoms with Crippen molar-refractivity contribution in [2.24, 2.45) is 28.9 Å². The SMILES string of the molecule is CC1(NC(=O)OC(C)(C)C)CCN(C(=O)OC2C3CC4C[C@H]2C[C@@](C(N)=O)(C4)C3)C1. The molecule has 6 atom stereocenters. The molecule has 1 heterocycles. The predicted octanol–water partition coefficient (Wildman–Crippen LogP) is 2.79. The highest BCUT2D eigenvalue weighted by atomic mass is 16.6. The van der Waals surface area contributed by atoms with Gasteiger partial charge in [0, 0.05) is 13.1 Å². The zero-order valence-corrected chi connectivity index (χ0v) is 18.5. The molecule has 1 saturated heterocycles. The van der Waals surface area contributed by atoms with Gasteiger partial charge < -0.3 is 25.4 Å². The van der Waals surface area contributed by atoms with Gasteiger partial charge in [-0.3, -0.25) is 4.79 Å². The van der Waals surface area contributed by atoms with Crippen molar-refractivity contribution in [2.75, 3.05) is 13.1 Å². The molecule has 3 N–H and O–H groups in total. The first kappa shape index (κ1) is 21.2. The Kier molecular flexibility index (Phi) is 4.97. The highest BCUT2D eigenvalue weighted by molar-refractivity contribution is 5.81. The molecule has 5 aliphatic rings. The molecule has 3 amide bonds. The number of amides is 3. The van der Waals surface area contributed by atoms with Gasteiger partial charge in [-0.15, -0.1) is 0 Å². The summed E-state index contributed by atoms with van der Waals surface area (Å²) in [6, 6.07) is 0. The molecule has 1 aliphatic heterocycles. The van der Waals surface area contributed by atoms with E-state index in [9.17, 15) is 14.4 Å². The fraction of sp³-hybridized carbons (Fsp3) is 0.864. The molecular formula is C22H35N3O5. The fourth-order valence-corrected chi connectivity index (χ4v) is 6.43. The number of carbonyl (C=O) groups excluding carboxylic acids is 3. The van der Waals surface area contributed by atoms with Crippen LogP contribution in [-0.2, 0) is 14.3 Å². The average Bonchev–Trinajstić information content (AvgIpc) is 2.97. The van der Waals surface area contributed by atoms with E-state index < -0.39 is 17.2 Å². The van der Waals surface area contributed by atoms with Gasteiger partial charge in [-0.2, -0.15) is 0 Å². The van der Waals surface area contributed by atoms with E-state index in [0.29, 0.717) is 25.4 Å². The van der Waals surface area contributed by atoms with Crippen LogP contribution in [-0.4, -0.2) is 53.3 Å². The lowest BCUT2D eigenvalue weighted by Gasteiger charge is -2.58. The summed E-state index contributed by atoms with van der Waals surface area (Å²) >= 11 is 0. The second kappa shape index (κ2) is 7.02. The second-order valence-corrected chi connectivity index (χ2v) is 11.3. The summed E-state index contributed by atoms with van der Waals surface area (Å²) in [4.78, 5) is 38.9. The lowest BCUT2D eigenvalue weighted by molar-refractivity contribution is -0.161. The summed E-state index contributed by atoms with van der Waals surface area (Å²) in [5, 5.41) is 2.91. The van der Waals surface area contributed by atoms with Gasteiger partial charge in [0.15, 0.2) is 0 Å². The van der Waals surface area contributed by atoms with Crippen LogP contribution in [0.4, 0.5) is 9.59 Å². The number of hydrogen-bond donors (Lipinski definition) is 2. The number of alkyl carbamates (subject to hydrolysis) is 1. The van der Waals surface area contributed by atoms with Crippen LogP contribution in [0.15, 0.2) is 0 Å². The van der Waals surface area contributed by atoms with Gasteiger partial charge in [-0.25, -0.2) is 9.59 Å². The molecule has 30 heavy (non-hydrogen) atoms. The molecule has 4 saturated carbocycles. The van der Waals surface area contributed by atoms with Gasteiger partial charge in [0.25, 0.3) is 0 Å². The van der Waals surface area contributed by atoms with E-state index in [2.05, 4.69) is 5.32 Å². The normalized spacial score (nSPS) is 39.7. The van der Waals surface area contributed by atoms with Gasteiger partial charge in [0.05, 0.1) is 11.0 Å². The molecule has 8 nitrogen and oxygen atoms in total. The van der Waals surface area contributed by atoms with Crippen LogP contribution in [0.1, 0.15) is 66.2 Å². The molecule has 8 heteroatoms.